The van der Waals surface area contributed by atoms with Gasteiger partial charge in [0.25, 0.3) is 0 Å². The molecule has 1 saturated heterocycles. The molecule has 10 heteroatoms. The molecule has 0 aromatic carbocycles. The summed E-state index contributed by atoms with van der Waals surface area (Å²) in [5.74, 6) is 1.17. The molecule has 1 saturated carbocycles. The van der Waals surface area contributed by atoms with Crippen LogP contribution in [0.15, 0.2) is 6.33 Å². The first-order valence-corrected chi connectivity index (χ1v) is 9.80. The van der Waals surface area contributed by atoms with E-state index in [1.807, 2.05) is 19.0 Å². The fourth-order valence-electron chi connectivity index (χ4n) is 4.00. The third kappa shape index (κ3) is 3.41. The molecule has 2 fully saturated rings. The summed E-state index contributed by atoms with van der Waals surface area (Å²) in [4.78, 5) is 15.6. The minimum atomic E-state index is -1.19. The molecule has 154 valence electrons. The van der Waals surface area contributed by atoms with Gasteiger partial charge in [0, 0.05) is 20.1 Å². The average Bonchev–Trinajstić information content (AvgIpc) is 3.23. The van der Waals surface area contributed by atoms with Gasteiger partial charge in [0.1, 0.15) is 18.3 Å². The Morgan fingerprint density at radius 3 is 2.57 bits per heavy atom. The van der Waals surface area contributed by atoms with Crippen LogP contribution in [0.4, 0.5) is 11.8 Å². The lowest BCUT2D eigenvalue weighted by Gasteiger charge is -2.24. The number of nitrogens with one attached hydrogen (secondary N) is 1. The van der Waals surface area contributed by atoms with Crippen molar-refractivity contribution in [2.75, 3.05) is 30.9 Å². The molecular weight excluding hydrogens is 364 g/mol. The van der Waals surface area contributed by atoms with Crippen molar-refractivity contribution in [2.24, 2.45) is 0 Å². The largest absolute Gasteiger partial charge is 0.394 e. The molecule has 1 aliphatic heterocycles. The van der Waals surface area contributed by atoms with Crippen LogP contribution in [0.3, 0.4) is 0 Å². The van der Waals surface area contributed by atoms with Crippen molar-refractivity contribution >= 4 is 22.9 Å². The molecule has 10 nitrogen and oxygen atoms in total. The second-order valence-electron chi connectivity index (χ2n) is 7.80. The second kappa shape index (κ2) is 7.78. The maximum atomic E-state index is 10.4. The van der Waals surface area contributed by atoms with Crippen molar-refractivity contribution in [1.82, 2.24) is 19.5 Å². The molecular formula is C18H28N6O4. The van der Waals surface area contributed by atoms with E-state index in [2.05, 4.69) is 20.3 Å². The summed E-state index contributed by atoms with van der Waals surface area (Å²) in [6.07, 6.45) is 3.25. The quantitative estimate of drug-likeness (QED) is 0.566. The van der Waals surface area contributed by atoms with Gasteiger partial charge in [-0.3, -0.25) is 4.57 Å². The van der Waals surface area contributed by atoms with Crippen LogP contribution in [0.1, 0.15) is 38.3 Å². The molecule has 1 aliphatic carbocycles. The molecule has 2 aromatic heterocycles. The lowest BCUT2D eigenvalue weighted by molar-refractivity contribution is -0.0511. The average molecular weight is 392 g/mol. The van der Waals surface area contributed by atoms with Gasteiger partial charge >= 0.3 is 0 Å². The lowest BCUT2D eigenvalue weighted by Crippen LogP contribution is -2.33. The third-order valence-electron chi connectivity index (χ3n) is 5.56. The Morgan fingerprint density at radius 1 is 1.18 bits per heavy atom. The number of hydrogen-bond donors (Lipinski definition) is 4. The maximum Gasteiger partial charge on any atom is 0.227 e. The molecule has 4 atom stereocenters. The van der Waals surface area contributed by atoms with Gasteiger partial charge in [0.15, 0.2) is 23.2 Å². The van der Waals surface area contributed by atoms with E-state index < -0.39 is 24.5 Å². The zero-order valence-corrected chi connectivity index (χ0v) is 16.2. The van der Waals surface area contributed by atoms with Gasteiger partial charge in [-0.25, -0.2) is 4.98 Å². The van der Waals surface area contributed by atoms with Crippen molar-refractivity contribution < 1.29 is 20.1 Å². The van der Waals surface area contributed by atoms with Crippen molar-refractivity contribution in [2.45, 2.75) is 62.7 Å². The molecule has 4 rings (SSSR count). The van der Waals surface area contributed by atoms with Gasteiger partial charge in [-0.1, -0.05) is 19.3 Å². The van der Waals surface area contributed by atoms with E-state index in [4.69, 9.17) is 4.74 Å². The summed E-state index contributed by atoms with van der Waals surface area (Å²) in [6, 6.07) is 0.339. The van der Waals surface area contributed by atoms with E-state index in [0.29, 0.717) is 29.0 Å². The molecule has 4 N–H and O–H groups in total. The van der Waals surface area contributed by atoms with Crippen LogP contribution in [0.5, 0.6) is 0 Å². The summed E-state index contributed by atoms with van der Waals surface area (Å²) < 4.78 is 7.25. The Labute approximate surface area is 163 Å². The summed E-state index contributed by atoms with van der Waals surface area (Å²) >= 11 is 0. The standard InChI is InChI=1S/C18H28N6O4/c1-23(2)15-12-16(22-18(21-15)20-10-6-4-3-5-7-10)24(9-19-12)17-14(27)13(26)11(8-25)28-17/h9-11,13-14,17,25-27H,3-8H2,1-2H3,(H,20,21,22)/t11-,13?,14+,17-/m1/s1. The zero-order chi connectivity index (χ0) is 19.8. The SMILES string of the molecule is CN(C)c1nc(NC2CCCCC2)nc2c1ncn2[C@@H]1O[C@H](CO)C(O)[C@@H]1O. The number of ether oxygens (including phenoxy) is 1. The predicted molar refractivity (Wildman–Crippen MR) is 103 cm³/mol. The van der Waals surface area contributed by atoms with E-state index in [0.717, 1.165) is 12.8 Å². The number of aliphatic hydroxyl groups excluding tert-OH is 3. The highest BCUT2D eigenvalue weighted by molar-refractivity contribution is 5.84. The first-order chi connectivity index (χ1) is 13.5. The van der Waals surface area contributed by atoms with Crippen molar-refractivity contribution in [3.05, 3.63) is 6.33 Å². The summed E-state index contributed by atoms with van der Waals surface area (Å²) in [5, 5.41) is 33.3. The Balaban J connectivity index is 1.72. The van der Waals surface area contributed by atoms with Gasteiger partial charge in [0.05, 0.1) is 12.9 Å². The number of rotatable bonds is 5. The van der Waals surface area contributed by atoms with Crippen LogP contribution >= 0.6 is 0 Å². The number of hydrogen-bond acceptors (Lipinski definition) is 9. The topological polar surface area (TPSA) is 129 Å². The highest BCUT2D eigenvalue weighted by Gasteiger charge is 2.44. The van der Waals surface area contributed by atoms with Crippen LogP contribution in [-0.4, -0.2) is 79.9 Å². The first kappa shape index (κ1) is 19.3. The fourth-order valence-corrected chi connectivity index (χ4v) is 4.00. The van der Waals surface area contributed by atoms with Crippen LogP contribution in [0, 0.1) is 0 Å². The van der Waals surface area contributed by atoms with Gasteiger partial charge in [-0.05, 0) is 12.8 Å². The third-order valence-corrected chi connectivity index (χ3v) is 5.56. The number of aromatic nitrogens is 4. The molecule has 0 bridgehead atoms. The minimum Gasteiger partial charge on any atom is -0.394 e. The second-order valence-corrected chi connectivity index (χ2v) is 7.80. The van der Waals surface area contributed by atoms with Crippen molar-refractivity contribution in [3.63, 3.8) is 0 Å². The maximum absolute atomic E-state index is 10.4. The molecule has 28 heavy (non-hydrogen) atoms. The Bertz CT molecular complexity index is 822. The number of fused-ring (bicyclic) bond motifs is 1. The molecule has 3 heterocycles. The lowest BCUT2D eigenvalue weighted by atomic mass is 9.96. The normalized spacial score (nSPS) is 28.8. The van der Waals surface area contributed by atoms with E-state index in [9.17, 15) is 15.3 Å². The van der Waals surface area contributed by atoms with Gasteiger partial charge < -0.3 is 30.3 Å². The smallest absolute Gasteiger partial charge is 0.227 e. The van der Waals surface area contributed by atoms with Crippen molar-refractivity contribution in [3.8, 4) is 0 Å². The number of nitrogens with zero attached hydrogens (tertiary/aromatic N) is 5. The highest BCUT2D eigenvalue weighted by atomic mass is 16.6. The Kier molecular flexibility index (Phi) is 5.37. The highest BCUT2D eigenvalue weighted by Crippen LogP contribution is 2.33. The molecule has 2 aromatic rings. The van der Waals surface area contributed by atoms with Crippen LogP contribution in [0.25, 0.3) is 11.2 Å². The number of imidazole rings is 1. The van der Waals surface area contributed by atoms with Gasteiger partial charge in [0.2, 0.25) is 5.95 Å². The summed E-state index contributed by atoms with van der Waals surface area (Å²) in [5.41, 5.74) is 1.09. The van der Waals surface area contributed by atoms with Crippen LogP contribution in [-0.2, 0) is 4.74 Å². The molecule has 1 unspecified atom stereocenters. The molecule has 0 spiro atoms. The van der Waals surface area contributed by atoms with E-state index >= 15 is 0 Å². The van der Waals surface area contributed by atoms with Crippen LogP contribution < -0.4 is 10.2 Å². The molecule has 0 amide bonds. The Hall–Kier alpha value is -2.01. The Morgan fingerprint density at radius 2 is 1.93 bits per heavy atom. The first-order valence-electron chi connectivity index (χ1n) is 9.80. The number of aliphatic hydroxyl groups is 3. The summed E-state index contributed by atoms with van der Waals surface area (Å²) in [6.45, 7) is -0.381. The number of anilines is 2. The minimum absolute atomic E-state index is 0.339. The van der Waals surface area contributed by atoms with Crippen molar-refractivity contribution in [1.29, 1.82) is 0 Å². The molecule has 0 radical (unpaired) electrons. The van der Waals surface area contributed by atoms with Gasteiger partial charge in [-0.2, -0.15) is 9.97 Å². The van der Waals surface area contributed by atoms with E-state index in [1.165, 1.54) is 25.6 Å². The van der Waals surface area contributed by atoms with Gasteiger partial charge in [-0.15, -0.1) is 0 Å². The summed E-state index contributed by atoms with van der Waals surface area (Å²) in [7, 11) is 3.77. The van der Waals surface area contributed by atoms with Crippen LogP contribution in [0.2, 0.25) is 0 Å². The molecule has 2 aliphatic rings. The van der Waals surface area contributed by atoms with E-state index in [1.54, 1.807) is 4.57 Å². The zero-order valence-electron chi connectivity index (χ0n) is 16.2. The van der Waals surface area contributed by atoms with E-state index in [-0.39, 0.29) is 6.61 Å². The monoisotopic (exact) mass is 392 g/mol. The fraction of sp³-hybridized carbons (Fsp3) is 0.722. The predicted octanol–water partition coefficient (Wildman–Crippen LogP) is 0.248.